The van der Waals surface area contributed by atoms with Crippen LogP contribution >= 0.6 is 23.2 Å². The second kappa shape index (κ2) is 7.57. The molecule has 1 fully saturated rings. The quantitative estimate of drug-likeness (QED) is 0.803. The van der Waals surface area contributed by atoms with Gasteiger partial charge in [-0.1, -0.05) is 23.2 Å². The predicted octanol–water partition coefficient (Wildman–Crippen LogP) is 1.62. The minimum atomic E-state index is -3.21. The summed E-state index contributed by atoms with van der Waals surface area (Å²) >= 11 is 11.7. The number of hydrogen-bond acceptors (Lipinski definition) is 4. The standard InChI is InChI=1S/C13H17Cl2N3O4S/c1-23(20,21)18-6-4-17(5-7-18)13(19)16-9-22-12-3-2-10(14)8-11(12)15/h2-3,8H,4-7,9H2,1H3,(H,16,19). The summed E-state index contributed by atoms with van der Waals surface area (Å²) in [6.07, 6.45) is 1.16. The fraction of sp³-hybridized carbons (Fsp3) is 0.462. The molecule has 10 heteroatoms. The monoisotopic (exact) mass is 381 g/mol. The van der Waals surface area contributed by atoms with Crippen LogP contribution in [0.4, 0.5) is 4.79 Å². The second-order valence-corrected chi connectivity index (χ2v) is 7.82. The number of sulfonamides is 1. The minimum Gasteiger partial charge on any atom is -0.472 e. The Labute approximate surface area is 145 Å². The van der Waals surface area contributed by atoms with Gasteiger partial charge < -0.3 is 15.0 Å². The Morgan fingerprint density at radius 2 is 1.91 bits per heavy atom. The van der Waals surface area contributed by atoms with Crippen LogP contribution in [-0.4, -0.2) is 62.8 Å². The third-order valence-electron chi connectivity index (χ3n) is 3.34. The molecule has 1 aliphatic rings. The molecular formula is C13H17Cl2N3O4S. The molecule has 0 aliphatic carbocycles. The SMILES string of the molecule is CS(=O)(=O)N1CCN(C(=O)NCOc2ccc(Cl)cc2Cl)CC1. The summed E-state index contributed by atoms with van der Waals surface area (Å²) in [6, 6.07) is 4.48. The van der Waals surface area contributed by atoms with Gasteiger partial charge in [-0.3, -0.25) is 0 Å². The Kier molecular flexibility index (Phi) is 5.96. The van der Waals surface area contributed by atoms with Gasteiger partial charge in [-0.2, -0.15) is 4.31 Å². The van der Waals surface area contributed by atoms with E-state index in [0.717, 1.165) is 6.26 Å². The van der Waals surface area contributed by atoms with Gasteiger partial charge in [-0.15, -0.1) is 0 Å². The number of rotatable bonds is 4. The van der Waals surface area contributed by atoms with E-state index in [-0.39, 0.29) is 25.9 Å². The van der Waals surface area contributed by atoms with Crippen LogP contribution in [0.2, 0.25) is 10.0 Å². The number of amides is 2. The molecule has 0 radical (unpaired) electrons. The summed E-state index contributed by atoms with van der Waals surface area (Å²) in [5, 5.41) is 3.45. The van der Waals surface area contributed by atoms with Gasteiger partial charge in [-0.25, -0.2) is 13.2 Å². The summed E-state index contributed by atoms with van der Waals surface area (Å²) in [5.41, 5.74) is 0. The fourth-order valence-electron chi connectivity index (χ4n) is 2.10. The molecule has 1 N–H and O–H groups in total. The van der Waals surface area contributed by atoms with Crippen molar-refractivity contribution in [1.82, 2.24) is 14.5 Å². The Balaban J connectivity index is 1.78. The van der Waals surface area contributed by atoms with Gasteiger partial charge in [0.2, 0.25) is 10.0 Å². The largest absolute Gasteiger partial charge is 0.472 e. The number of piperazine rings is 1. The molecule has 0 unspecified atom stereocenters. The lowest BCUT2D eigenvalue weighted by molar-refractivity contribution is 0.163. The molecule has 23 heavy (non-hydrogen) atoms. The first-order valence-electron chi connectivity index (χ1n) is 6.83. The van der Waals surface area contributed by atoms with Gasteiger partial charge in [0.1, 0.15) is 5.75 Å². The summed E-state index contributed by atoms with van der Waals surface area (Å²) in [6.45, 7) is 1.19. The van der Waals surface area contributed by atoms with Gasteiger partial charge >= 0.3 is 6.03 Å². The number of hydrogen-bond donors (Lipinski definition) is 1. The van der Waals surface area contributed by atoms with E-state index in [4.69, 9.17) is 27.9 Å². The first-order chi connectivity index (χ1) is 10.8. The third-order valence-corrected chi connectivity index (χ3v) is 5.17. The molecule has 0 aromatic heterocycles. The van der Waals surface area contributed by atoms with Crippen LogP contribution in [0.15, 0.2) is 18.2 Å². The first kappa shape index (κ1) is 18.1. The number of carbonyl (C=O) groups is 1. The molecule has 128 valence electrons. The zero-order valence-electron chi connectivity index (χ0n) is 12.5. The van der Waals surface area contributed by atoms with Crippen molar-refractivity contribution in [2.24, 2.45) is 0 Å². The fourth-order valence-corrected chi connectivity index (χ4v) is 3.39. The highest BCUT2D eigenvalue weighted by Gasteiger charge is 2.25. The van der Waals surface area contributed by atoms with Gasteiger partial charge in [0.05, 0.1) is 11.3 Å². The van der Waals surface area contributed by atoms with Crippen molar-refractivity contribution in [2.75, 3.05) is 39.2 Å². The number of ether oxygens (including phenoxy) is 1. The maximum absolute atomic E-state index is 12.0. The summed E-state index contributed by atoms with van der Waals surface area (Å²) < 4.78 is 29.5. The zero-order valence-corrected chi connectivity index (χ0v) is 14.8. The van der Waals surface area contributed by atoms with E-state index in [1.54, 1.807) is 18.2 Å². The predicted molar refractivity (Wildman–Crippen MR) is 88.5 cm³/mol. The van der Waals surface area contributed by atoms with E-state index in [2.05, 4.69) is 5.32 Å². The lowest BCUT2D eigenvalue weighted by Crippen LogP contribution is -2.53. The van der Waals surface area contributed by atoms with Gasteiger partial charge in [0, 0.05) is 31.2 Å². The number of nitrogens with zero attached hydrogens (tertiary/aromatic N) is 2. The number of urea groups is 1. The average molecular weight is 382 g/mol. The molecule has 0 spiro atoms. The minimum absolute atomic E-state index is 0.0491. The Bertz CT molecular complexity index is 676. The van der Waals surface area contributed by atoms with E-state index in [9.17, 15) is 13.2 Å². The Morgan fingerprint density at radius 3 is 2.48 bits per heavy atom. The van der Waals surface area contributed by atoms with Crippen molar-refractivity contribution in [3.8, 4) is 5.75 Å². The van der Waals surface area contributed by atoms with Crippen LogP contribution < -0.4 is 10.1 Å². The van der Waals surface area contributed by atoms with Crippen molar-refractivity contribution in [3.05, 3.63) is 28.2 Å². The summed E-state index contributed by atoms with van der Waals surface area (Å²) in [5.74, 6) is 0.415. The van der Waals surface area contributed by atoms with E-state index < -0.39 is 10.0 Å². The molecule has 2 amide bonds. The Hall–Kier alpha value is -1.22. The number of benzene rings is 1. The van der Waals surface area contributed by atoms with Crippen LogP contribution in [0.1, 0.15) is 0 Å². The van der Waals surface area contributed by atoms with Crippen LogP contribution in [0.25, 0.3) is 0 Å². The Morgan fingerprint density at radius 1 is 1.26 bits per heavy atom. The summed E-state index contributed by atoms with van der Waals surface area (Å²) in [4.78, 5) is 13.5. The topological polar surface area (TPSA) is 79.0 Å². The van der Waals surface area contributed by atoms with Crippen molar-refractivity contribution in [1.29, 1.82) is 0 Å². The molecule has 1 aromatic rings. The van der Waals surface area contributed by atoms with Gasteiger partial charge in [0.15, 0.2) is 6.73 Å². The molecular weight excluding hydrogens is 365 g/mol. The number of carbonyl (C=O) groups excluding carboxylic acids is 1. The molecule has 1 saturated heterocycles. The van der Waals surface area contributed by atoms with Crippen LogP contribution in [0.3, 0.4) is 0 Å². The normalized spacial score (nSPS) is 16.2. The van der Waals surface area contributed by atoms with E-state index in [1.807, 2.05) is 0 Å². The van der Waals surface area contributed by atoms with Crippen LogP contribution in [0, 0.1) is 0 Å². The molecule has 1 heterocycles. The maximum Gasteiger partial charge on any atom is 0.320 e. The number of halogens is 2. The summed E-state index contributed by atoms with van der Waals surface area (Å²) in [7, 11) is -3.21. The molecule has 1 aromatic carbocycles. The van der Waals surface area contributed by atoms with Crippen molar-refractivity contribution in [3.63, 3.8) is 0 Å². The smallest absolute Gasteiger partial charge is 0.320 e. The highest BCUT2D eigenvalue weighted by atomic mass is 35.5. The van der Waals surface area contributed by atoms with Crippen molar-refractivity contribution >= 4 is 39.3 Å². The van der Waals surface area contributed by atoms with E-state index in [0.29, 0.717) is 28.9 Å². The highest BCUT2D eigenvalue weighted by molar-refractivity contribution is 7.88. The molecule has 0 bridgehead atoms. The molecule has 1 aliphatic heterocycles. The highest BCUT2D eigenvalue weighted by Crippen LogP contribution is 2.27. The second-order valence-electron chi connectivity index (χ2n) is 4.99. The van der Waals surface area contributed by atoms with Crippen molar-refractivity contribution < 1.29 is 17.9 Å². The lowest BCUT2D eigenvalue weighted by atomic mass is 10.3. The number of nitrogens with one attached hydrogen (secondary N) is 1. The molecule has 7 nitrogen and oxygen atoms in total. The van der Waals surface area contributed by atoms with Gasteiger partial charge in [-0.05, 0) is 18.2 Å². The third kappa shape index (κ3) is 5.13. The average Bonchev–Trinajstić information content (AvgIpc) is 2.48. The lowest BCUT2D eigenvalue weighted by Gasteiger charge is -2.33. The first-order valence-corrected chi connectivity index (χ1v) is 9.43. The van der Waals surface area contributed by atoms with Crippen LogP contribution in [-0.2, 0) is 10.0 Å². The van der Waals surface area contributed by atoms with Crippen LogP contribution in [0.5, 0.6) is 5.75 Å². The van der Waals surface area contributed by atoms with E-state index >= 15 is 0 Å². The molecule has 0 atom stereocenters. The van der Waals surface area contributed by atoms with E-state index in [1.165, 1.54) is 9.21 Å². The van der Waals surface area contributed by atoms with Gasteiger partial charge in [0.25, 0.3) is 0 Å². The molecule has 2 rings (SSSR count). The van der Waals surface area contributed by atoms with Crippen molar-refractivity contribution in [2.45, 2.75) is 0 Å². The maximum atomic E-state index is 12.0. The zero-order chi connectivity index (χ0) is 17.0. The molecule has 0 saturated carbocycles.